The Balaban J connectivity index is 2.45. The standard InChI is InChI=1S/C32H58N4O14/c1-29(2,3)47-25(41)33-14-17-20(38)21(39)18(36-28(44)50-32(10,11)12)24(45-17)46-23-16(35-27(43)49-31(7,8)9)13-15(19(37)22(23)40)34-26(42)48-30(4,5)6/h15-24,37-40H,13-14H2,1-12H3,(H,33,41)(H,34,42)(H,35,43)(H,36,44)/t15-,16-,17+,18+,19-,20+,21+,22+,23+,24+/m0/s1. The van der Waals surface area contributed by atoms with E-state index in [0.717, 1.165) is 0 Å². The molecule has 0 bridgehead atoms. The van der Waals surface area contributed by atoms with Gasteiger partial charge in [0.05, 0.1) is 12.1 Å². The van der Waals surface area contributed by atoms with Crippen molar-refractivity contribution >= 4 is 24.4 Å². The Labute approximate surface area is 293 Å². The Morgan fingerprint density at radius 2 is 1.00 bits per heavy atom. The molecule has 0 aromatic heterocycles. The van der Waals surface area contributed by atoms with Crippen LogP contribution in [0, 0.1) is 0 Å². The molecule has 1 heterocycles. The maximum absolute atomic E-state index is 12.9. The van der Waals surface area contributed by atoms with Gasteiger partial charge in [-0.05, 0) is 89.5 Å². The van der Waals surface area contributed by atoms with Gasteiger partial charge in [-0.3, -0.25) is 0 Å². The van der Waals surface area contributed by atoms with E-state index in [2.05, 4.69) is 21.3 Å². The Bertz CT molecular complexity index is 1170. The lowest BCUT2D eigenvalue weighted by atomic mass is 9.83. The third-order valence-corrected chi connectivity index (χ3v) is 6.93. The summed E-state index contributed by atoms with van der Waals surface area (Å²) in [5.41, 5.74) is -3.60. The first-order valence-corrected chi connectivity index (χ1v) is 16.5. The summed E-state index contributed by atoms with van der Waals surface area (Å²) in [6.45, 7) is 19.2. The van der Waals surface area contributed by atoms with Crippen molar-refractivity contribution in [3.05, 3.63) is 0 Å². The van der Waals surface area contributed by atoms with Gasteiger partial charge in [-0.1, -0.05) is 0 Å². The molecule has 2 fully saturated rings. The van der Waals surface area contributed by atoms with Crippen molar-refractivity contribution in [2.24, 2.45) is 0 Å². The fourth-order valence-electron chi connectivity index (χ4n) is 5.06. The highest BCUT2D eigenvalue weighted by Crippen LogP contribution is 2.30. The SMILES string of the molecule is CC(C)(C)OC(=O)NC[C@H]1O[C@H](O[C@H]2[C@H](O)[C@@H](O)[C@@H](NC(=O)OC(C)(C)C)C[C@@H]2NC(=O)OC(C)(C)C)[C@H](NC(=O)OC(C)(C)C)[C@@H](O)[C@@H]1O. The van der Waals surface area contributed by atoms with Gasteiger partial charge in [0.25, 0.3) is 0 Å². The number of nitrogens with one attached hydrogen (secondary N) is 4. The van der Waals surface area contributed by atoms with Crippen LogP contribution in [0.1, 0.15) is 89.5 Å². The largest absolute Gasteiger partial charge is 0.444 e. The maximum atomic E-state index is 12.9. The van der Waals surface area contributed by atoms with E-state index in [-0.39, 0.29) is 13.0 Å². The molecule has 0 spiro atoms. The average molecular weight is 723 g/mol. The smallest absolute Gasteiger partial charge is 0.408 e. The van der Waals surface area contributed by atoms with Crippen molar-refractivity contribution in [2.75, 3.05) is 6.54 Å². The van der Waals surface area contributed by atoms with E-state index in [1.165, 1.54) is 0 Å². The number of hydrogen-bond acceptors (Lipinski definition) is 14. The Morgan fingerprint density at radius 1 is 0.580 bits per heavy atom. The van der Waals surface area contributed by atoms with Crippen LogP contribution in [-0.2, 0) is 28.4 Å². The van der Waals surface area contributed by atoms with Crippen molar-refractivity contribution < 1.29 is 68.0 Å². The molecule has 2 aliphatic rings. The van der Waals surface area contributed by atoms with Gasteiger partial charge in [-0.15, -0.1) is 0 Å². The highest BCUT2D eigenvalue weighted by Gasteiger charge is 2.52. The Hall–Kier alpha value is -3.16. The minimum Gasteiger partial charge on any atom is -0.444 e. The molecule has 0 aromatic carbocycles. The summed E-state index contributed by atoms with van der Waals surface area (Å²) in [6, 6.07) is -3.88. The minimum absolute atomic E-state index is 0.215. The summed E-state index contributed by atoms with van der Waals surface area (Å²) >= 11 is 0. The predicted octanol–water partition coefficient (Wildman–Crippen LogP) is 1.15. The number of hydrogen-bond donors (Lipinski definition) is 8. The second kappa shape index (κ2) is 16.5. The number of aliphatic hydroxyl groups excluding tert-OH is 4. The van der Waals surface area contributed by atoms with Crippen LogP contribution in [0.5, 0.6) is 0 Å². The van der Waals surface area contributed by atoms with Gasteiger partial charge in [0.15, 0.2) is 6.29 Å². The molecule has 1 aliphatic heterocycles. The third kappa shape index (κ3) is 14.2. The summed E-state index contributed by atoms with van der Waals surface area (Å²) in [5.74, 6) is 0. The molecule has 18 nitrogen and oxygen atoms in total. The quantitative estimate of drug-likeness (QED) is 0.172. The number of rotatable bonds is 7. The molecule has 290 valence electrons. The molecule has 18 heteroatoms. The van der Waals surface area contributed by atoms with E-state index in [1.807, 2.05) is 0 Å². The summed E-state index contributed by atoms with van der Waals surface area (Å²) in [4.78, 5) is 50.7. The molecule has 50 heavy (non-hydrogen) atoms. The van der Waals surface area contributed by atoms with E-state index in [0.29, 0.717) is 0 Å². The molecule has 10 atom stereocenters. The van der Waals surface area contributed by atoms with Gasteiger partial charge in [-0.25, -0.2) is 19.2 Å². The number of amides is 4. The van der Waals surface area contributed by atoms with E-state index in [9.17, 15) is 39.6 Å². The van der Waals surface area contributed by atoms with Gasteiger partial charge in [-0.2, -0.15) is 0 Å². The topological polar surface area (TPSA) is 253 Å². The molecule has 4 amide bonds. The first kappa shape index (κ1) is 43.0. The summed E-state index contributed by atoms with van der Waals surface area (Å²) in [5, 5.41) is 54.6. The lowest BCUT2D eigenvalue weighted by molar-refractivity contribution is -0.293. The number of alkyl carbamates (subject to hydrolysis) is 4. The Morgan fingerprint density at radius 3 is 1.46 bits per heavy atom. The fourth-order valence-corrected chi connectivity index (χ4v) is 5.06. The van der Waals surface area contributed by atoms with Gasteiger partial charge in [0.1, 0.15) is 65.1 Å². The van der Waals surface area contributed by atoms with Gasteiger partial charge in [0.2, 0.25) is 0 Å². The van der Waals surface area contributed by atoms with Crippen LogP contribution >= 0.6 is 0 Å². The van der Waals surface area contributed by atoms with Crippen LogP contribution in [0.2, 0.25) is 0 Å². The molecule has 1 saturated carbocycles. The van der Waals surface area contributed by atoms with Crippen molar-refractivity contribution in [3.63, 3.8) is 0 Å². The average Bonchev–Trinajstić information content (AvgIpc) is 2.88. The number of aliphatic hydroxyl groups is 4. The van der Waals surface area contributed by atoms with Crippen LogP contribution in [0.4, 0.5) is 19.2 Å². The monoisotopic (exact) mass is 722 g/mol. The van der Waals surface area contributed by atoms with Crippen LogP contribution in [0.15, 0.2) is 0 Å². The van der Waals surface area contributed by atoms with Gasteiger partial charge in [0, 0.05) is 6.54 Å². The number of ether oxygens (including phenoxy) is 6. The lowest BCUT2D eigenvalue weighted by Crippen LogP contribution is -2.70. The van der Waals surface area contributed by atoms with E-state index >= 15 is 0 Å². The van der Waals surface area contributed by atoms with Crippen LogP contribution in [0.3, 0.4) is 0 Å². The molecule has 1 aliphatic carbocycles. The predicted molar refractivity (Wildman–Crippen MR) is 176 cm³/mol. The third-order valence-electron chi connectivity index (χ3n) is 6.93. The summed E-state index contributed by atoms with van der Waals surface area (Å²) in [7, 11) is 0. The maximum Gasteiger partial charge on any atom is 0.408 e. The van der Waals surface area contributed by atoms with Gasteiger partial charge < -0.3 is 70.1 Å². The lowest BCUT2D eigenvalue weighted by Gasteiger charge is -2.47. The van der Waals surface area contributed by atoms with Crippen molar-refractivity contribution in [1.29, 1.82) is 0 Å². The zero-order chi connectivity index (χ0) is 38.6. The first-order chi connectivity index (χ1) is 22.5. The molecule has 0 aromatic rings. The highest BCUT2D eigenvalue weighted by molar-refractivity contribution is 5.70. The minimum atomic E-state index is -1.82. The van der Waals surface area contributed by atoms with Crippen molar-refractivity contribution in [1.82, 2.24) is 21.3 Å². The van der Waals surface area contributed by atoms with Crippen LogP contribution in [-0.4, -0.2) is 135 Å². The number of carbonyl (C=O) groups excluding carboxylic acids is 4. The van der Waals surface area contributed by atoms with Crippen molar-refractivity contribution in [3.8, 4) is 0 Å². The zero-order valence-electron chi connectivity index (χ0n) is 31.1. The first-order valence-electron chi connectivity index (χ1n) is 16.5. The fraction of sp³-hybridized carbons (Fsp3) is 0.875. The summed E-state index contributed by atoms with van der Waals surface area (Å²) < 4.78 is 33.3. The zero-order valence-corrected chi connectivity index (χ0v) is 31.1. The molecular weight excluding hydrogens is 664 g/mol. The number of carbonyl (C=O) groups is 4. The normalized spacial score (nSPS) is 30.7. The van der Waals surface area contributed by atoms with E-state index in [4.69, 9.17) is 28.4 Å². The van der Waals surface area contributed by atoms with Crippen LogP contribution in [0.25, 0.3) is 0 Å². The van der Waals surface area contributed by atoms with E-state index in [1.54, 1.807) is 83.1 Å². The molecule has 0 unspecified atom stereocenters. The summed E-state index contributed by atoms with van der Waals surface area (Å²) in [6.07, 6.45) is -15.4. The molecular formula is C32H58N4O14. The van der Waals surface area contributed by atoms with Crippen molar-refractivity contribution in [2.45, 2.75) is 173 Å². The molecule has 0 radical (unpaired) electrons. The highest BCUT2D eigenvalue weighted by atomic mass is 16.7. The van der Waals surface area contributed by atoms with Gasteiger partial charge >= 0.3 is 24.4 Å². The van der Waals surface area contributed by atoms with Crippen LogP contribution < -0.4 is 21.3 Å². The Kier molecular flexibility index (Phi) is 14.2. The molecule has 1 saturated heterocycles. The second-order valence-corrected chi connectivity index (χ2v) is 16.4. The second-order valence-electron chi connectivity index (χ2n) is 16.4. The molecule has 2 rings (SSSR count). The van der Waals surface area contributed by atoms with E-state index < -0.39 is 108 Å². The molecule has 8 N–H and O–H groups in total.